The molecule has 4 heterocycles. The molecule has 208 valence electrons. The summed E-state index contributed by atoms with van der Waals surface area (Å²) in [6.45, 7) is 0.0790. The molecule has 0 saturated carbocycles. The molecule has 4 aromatic heterocycles. The molecule has 0 atom stereocenters. The van der Waals surface area contributed by atoms with Crippen LogP contribution in [0.5, 0.6) is 0 Å². The Balaban J connectivity index is 1.73. The standard InChI is InChI=1S/C29H23F2N5O5/c1-35(2)7-9-41-29(39)25-23(18-4-3-6-32-27(18)37)24-21(12-19(31)17-5-8-40-26(17)24)36(25)13-15-10-16(30)11-20-22(15)28(38)34-14-33-20/h3-6,8,10-12,14H,7,9,13H2,1-2H3,(H,32,37)(H,33,34,38)/i8D. The predicted octanol–water partition coefficient (Wildman–Crippen LogP) is 4.02. The minimum absolute atomic E-state index is 0.00811. The SMILES string of the molecule is [2H]c1cc2c(F)cc3c(c(-c4ccc[nH]c4=O)c(C(=O)OCCN(C)C)n3Cc3cc(F)cc4nc[nH]c(=O)c34)c2o1. The van der Waals surface area contributed by atoms with Crippen molar-refractivity contribution in [3.05, 3.63) is 98.8 Å². The van der Waals surface area contributed by atoms with Crippen LogP contribution in [-0.4, -0.2) is 57.6 Å². The van der Waals surface area contributed by atoms with Crippen LogP contribution in [0.3, 0.4) is 0 Å². The van der Waals surface area contributed by atoms with E-state index < -0.39 is 28.7 Å². The first-order chi connectivity index (χ1) is 20.1. The fraction of sp³-hybridized carbons (Fsp3) is 0.172. The summed E-state index contributed by atoms with van der Waals surface area (Å²) in [6.07, 6.45) is 2.23. The molecule has 0 unspecified atom stereocenters. The van der Waals surface area contributed by atoms with E-state index in [9.17, 15) is 18.8 Å². The molecule has 2 N–H and O–H groups in total. The molecule has 2 aromatic carbocycles. The van der Waals surface area contributed by atoms with Crippen molar-refractivity contribution in [2.75, 3.05) is 27.2 Å². The van der Waals surface area contributed by atoms with Gasteiger partial charge in [-0.3, -0.25) is 9.59 Å². The van der Waals surface area contributed by atoms with Crippen molar-refractivity contribution in [2.45, 2.75) is 6.54 Å². The second-order valence-electron chi connectivity index (χ2n) is 9.71. The van der Waals surface area contributed by atoms with Gasteiger partial charge in [0.05, 0.1) is 45.3 Å². The number of pyridine rings is 1. The largest absolute Gasteiger partial charge is 0.463 e. The van der Waals surface area contributed by atoms with Crippen LogP contribution in [-0.2, 0) is 11.3 Å². The van der Waals surface area contributed by atoms with Gasteiger partial charge in [-0.2, -0.15) is 0 Å². The summed E-state index contributed by atoms with van der Waals surface area (Å²) >= 11 is 0. The number of fused-ring (bicyclic) bond motifs is 4. The Morgan fingerprint density at radius 2 is 1.98 bits per heavy atom. The Kier molecular flexibility index (Phi) is 6.16. The highest BCUT2D eigenvalue weighted by molar-refractivity contribution is 6.17. The molecule has 0 saturated heterocycles. The molecule has 0 bridgehead atoms. The van der Waals surface area contributed by atoms with Crippen LogP contribution in [0.1, 0.15) is 17.4 Å². The fourth-order valence-corrected chi connectivity index (χ4v) is 5.03. The number of H-pyrrole nitrogens is 2. The molecule has 0 spiro atoms. The molecule has 6 rings (SSSR count). The summed E-state index contributed by atoms with van der Waals surface area (Å²) < 4.78 is 50.8. The number of esters is 1. The molecule has 10 nitrogen and oxygen atoms in total. The summed E-state index contributed by atoms with van der Waals surface area (Å²) in [6, 6.07) is 7.63. The van der Waals surface area contributed by atoms with E-state index in [0.717, 1.165) is 24.5 Å². The highest BCUT2D eigenvalue weighted by atomic mass is 19.1. The lowest BCUT2D eigenvalue weighted by molar-refractivity contribution is 0.0471. The number of hydrogen-bond acceptors (Lipinski definition) is 7. The van der Waals surface area contributed by atoms with Gasteiger partial charge in [0, 0.05) is 30.9 Å². The number of halogens is 2. The lowest BCUT2D eigenvalue weighted by atomic mass is 10.0. The summed E-state index contributed by atoms with van der Waals surface area (Å²) in [5, 5.41) is 0.219. The van der Waals surface area contributed by atoms with E-state index >= 15 is 4.39 Å². The summed E-state index contributed by atoms with van der Waals surface area (Å²) in [5.74, 6) is -2.27. The van der Waals surface area contributed by atoms with Crippen molar-refractivity contribution in [1.29, 1.82) is 0 Å². The Morgan fingerprint density at radius 3 is 2.76 bits per heavy atom. The average molecular weight is 561 g/mol. The third kappa shape index (κ3) is 4.47. The minimum atomic E-state index is -0.842. The maximum absolute atomic E-state index is 15.5. The number of aromatic amines is 2. The fourth-order valence-electron chi connectivity index (χ4n) is 5.03. The first-order valence-corrected chi connectivity index (χ1v) is 12.5. The van der Waals surface area contributed by atoms with Gasteiger partial charge >= 0.3 is 5.97 Å². The van der Waals surface area contributed by atoms with Crippen LogP contribution in [0.15, 0.2) is 69.2 Å². The van der Waals surface area contributed by atoms with E-state index in [1.165, 1.54) is 22.9 Å². The van der Waals surface area contributed by atoms with Gasteiger partial charge in [-0.05, 0) is 50.0 Å². The number of furan rings is 1. The van der Waals surface area contributed by atoms with Gasteiger partial charge in [0.15, 0.2) is 0 Å². The van der Waals surface area contributed by atoms with E-state index in [2.05, 4.69) is 15.0 Å². The number of hydrogen-bond donors (Lipinski definition) is 2. The number of ether oxygens (including phenoxy) is 1. The van der Waals surface area contributed by atoms with E-state index in [0.29, 0.717) is 6.54 Å². The van der Waals surface area contributed by atoms with E-state index in [1.807, 2.05) is 0 Å². The number of carbonyl (C=O) groups is 1. The van der Waals surface area contributed by atoms with E-state index in [-0.39, 0.29) is 74.6 Å². The van der Waals surface area contributed by atoms with Crippen molar-refractivity contribution < 1.29 is 24.1 Å². The lowest BCUT2D eigenvalue weighted by Crippen LogP contribution is -2.22. The molecule has 0 amide bonds. The second-order valence-corrected chi connectivity index (χ2v) is 9.71. The number of nitrogens with zero attached hydrogens (tertiary/aromatic N) is 3. The number of benzene rings is 2. The molecule has 0 aliphatic rings. The van der Waals surface area contributed by atoms with Crippen LogP contribution in [0.4, 0.5) is 8.78 Å². The Bertz CT molecular complexity index is 2150. The third-order valence-corrected chi connectivity index (χ3v) is 6.83. The quantitative estimate of drug-likeness (QED) is 0.283. The molecule has 12 heteroatoms. The van der Waals surface area contributed by atoms with Crippen LogP contribution in [0.25, 0.3) is 43.9 Å². The van der Waals surface area contributed by atoms with Gasteiger partial charge in [0.1, 0.15) is 30.9 Å². The number of nitrogens with one attached hydrogen (secondary N) is 2. The molecular weight excluding hydrogens is 536 g/mol. The highest BCUT2D eigenvalue weighted by Crippen LogP contribution is 2.40. The molecule has 6 aromatic rings. The molecule has 0 aliphatic heterocycles. The van der Waals surface area contributed by atoms with Crippen molar-refractivity contribution in [3.63, 3.8) is 0 Å². The van der Waals surface area contributed by atoms with Crippen molar-refractivity contribution in [1.82, 2.24) is 24.4 Å². The van der Waals surface area contributed by atoms with Gasteiger partial charge in [-0.1, -0.05) is 0 Å². The number of likely N-dealkylation sites (N-methyl/N-ethyl adjacent to an activating group) is 1. The summed E-state index contributed by atoms with van der Waals surface area (Å²) in [4.78, 5) is 50.7. The predicted molar refractivity (Wildman–Crippen MR) is 148 cm³/mol. The molecule has 0 fully saturated rings. The zero-order valence-corrected chi connectivity index (χ0v) is 21.9. The van der Waals surface area contributed by atoms with Crippen molar-refractivity contribution in [3.8, 4) is 11.1 Å². The molecule has 41 heavy (non-hydrogen) atoms. The molecule has 0 aliphatic carbocycles. The first kappa shape index (κ1) is 24.9. The van der Waals surface area contributed by atoms with Crippen LogP contribution < -0.4 is 11.1 Å². The smallest absolute Gasteiger partial charge is 0.355 e. The minimum Gasteiger partial charge on any atom is -0.463 e. The normalized spacial score (nSPS) is 12.1. The monoisotopic (exact) mass is 560 g/mol. The third-order valence-electron chi connectivity index (χ3n) is 6.83. The van der Waals surface area contributed by atoms with Crippen LogP contribution in [0, 0.1) is 11.6 Å². The topological polar surface area (TPSA) is 126 Å². The lowest BCUT2D eigenvalue weighted by Gasteiger charge is -2.15. The van der Waals surface area contributed by atoms with Gasteiger partial charge in [-0.15, -0.1) is 0 Å². The second kappa shape index (κ2) is 10.1. The van der Waals surface area contributed by atoms with Crippen LogP contribution >= 0.6 is 0 Å². The van der Waals surface area contributed by atoms with Crippen molar-refractivity contribution in [2.24, 2.45) is 0 Å². The summed E-state index contributed by atoms with van der Waals surface area (Å²) in [5.41, 5.74) is -0.831. The Hall–Kier alpha value is -5.10. The maximum Gasteiger partial charge on any atom is 0.355 e. The molecular formula is C29H23F2N5O5. The number of carbonyl (C=O) groups excluding carboxylic acids is 1. The van der Waals surface area contributed by atoms with Gasteiger partial charge in [-0.25, -0.2) is 18.6 Å². The first-order valence-electron chi connectivity index (χ1n) is 13.0. The van der Waals surface area contributed by atoms with E-state index in [4.69, 9.17) is 10.5 Å². The van der Waals surface area contributed by atoms with Gasteiger partial charge < -0.3 is 28.6 Å². The Labute approximate surface area is 231 Å². The zero-order chi connectivity index (χ0) is 29.7. The summed E-state index contributed by atoms with van der Waals surface area (Å²) in [7, 11) is 3.60. The Morgan fingerprint density at radius 1 is 1.15 bits per heavy atom. The number of aromatic nitrogens is 4. The molecule has 0 radical (unpaired) electrons. The average Bonchev–Trinajstić information content (AvgIpc) is 3.47. The maximum atomic E-state index is 15.5. The van der Waals surface area contributed by atoms with Crippen LogP contribution in [0.2, 0.25) is 0 Å². The zero-order valence-electron chi connectivity index (χ0n) is 22.9. The van der Waals surface area contributed by atoms with E-state index in [1.54, 1.807) is 25.1 Å². The van der Waals surface area contributed by atoms with Crippen molar-refractivity contribution >= 4 is 38.7 Å². The highest BCUT2D eigenvalue weighted by Gasteiger charge is 2.30. The van der Waals surface area contributed by atoms with Gasteiger partial charge in [0.2, 0.25) is 0 Å². The van der Waals surface area contributed by atoms with Gasteiger partial charge in [0.25, 0.3) is 11.1 Å². The number of rotatable bonds is 7.